The zero-order valence-corrected chi connectivity index (χ0v) is 37.1. The number of hydrogen-bond donors (Lipinski definition) is 0. The molecule has 0 unspecified atom stereocenters. The van der Waals surface area contributed by atoms with E-state index in [1.165, 1.54) is 65.1 Å². The average molecular weight is 837 g/mol. The van der Waals surface area contributed by atoms with E-state index < -0.39 is 8.07 Å². The molecule has 1 aliphatic carbocycles. The van der Waals surface area contributed by atoms with Gasteiger partial charge in [0.25, 0.3) is 0 Å². The Labute approximate surface area is 378 Å². The van der Waals surface area contributed by atoms with Gasteiger partial charge in [-0.1, -0.05) is 208 Å². The minimum absolute atomic E-state index is 0.146. The Morgan fingerprint density at radius 3 is 1.52 bits per heavy atom. The number of anilines is 6. The molecule has 0 amide bonds. The van der Waals surface area contributed by atoms with Crippen molar-refractivity contribution < 1.29 is 0 Å². The second kappa shape index (κ2) is 16.2. The number of para-hydroxylation sites is 3. The number of rotatable bonds is 10. The van der Waals surface area contributed by atoms with Crippen molar-refractivity contribution in [2.45, 2.75) is 19.3 Å². The molecular weight excluding hydrogens is 789 g/mol. The Kier molecular flexibility index (Phi) is 9.91. The molecule has 10 aromatic carbocycles. The van der Waals surface area contributed by atoms with Gasteiger partial charge < -0.3 is 9.80 Å². The Hall–Kier alpha value is -7.72. The summed E-state index contributed by atoms with van der Waals surface area (Å²) in [4.78, 5) is 4.97. The highest BCUT2D eigenvalue weighted by atomic mass is 28.3. The first-order valence-electron chi connectivity index (χ1n) is 22.3. The third kappa shape index (κ3) is 6.47. The molecule has 0 saturated heterocycles. The molecular formula is C61H48N2Si. The number of hydrogen-bond acceptors (Lipinski definition) is 2. The number of nitrogens with zero attached hydrogens (tertiary/aromatic N) is 2. The normalized spacial score (nSPS) is 12.7. The van der Waals surface area contributed by atoms with Crippen LogP contribution in [-0.2, 0) is 5.41 Å². The van der Waals surface area contributed by atoms with E-state index in [-0.39, 0.29) is 5.41 Å². The lowest BCUT2D eigenvalue weighted by Gasteiger charge is -2.39. The largest absolute Gasteiger partial charge is 0.310 e. The SMILES string of the molecule is CC1(C)c2ccccc2-c2c(N(c3ccccc3)c3ccccc3[Si](c3ccccc3)(c3ccccc3)c3cccc(N(c4ccccc4)c4ccc5ccccc5c4)c3)cccc21. The van der Waals surface area contributed by atoms with E-state index in [9.17, 15) is 0 Å². The molecule has 1 aliphatic rings. The van der Waals surface area contributed by atoms with Crippen LogP contribution in [0.4, 0.5) is 34.1 Å². The smallest absolute Gasteiger partial charge is 0.181 e. The summed E-state index contributed by atoms with van der Waals surface area (Å²) >= 11 is 0. The predicted molar refractivity (Wildman–Crippen MR) is 274 cm³/mol. The fraction of sp³-hybridized carbons (Fsp3) is 0.0492. The molecule has 0 fully saturated rings. The first-order chi connectivity index (χ1) is 31.5. The molecule has 3 heteroatoms. The van der Waals surface area contributed by atoms with E-state index in [0.717, 1.165) is 22.7 Å². The molecule has 0 atom stereocenters. The maximum Gasteiger partial charge on any atom is 0.181 e. The van der Waals surface area contributed by atoms with Gasteiger partial charge in [0.15, 0.2) is 8.07 Å². The van der Waals surface area contributed by atoms with E-state index in [4.69, 9.17) is 0 Å². The molecule has 0 aromatic heterocycles. The van der Waals surface area contributed by atoms with Crippen molar-refractivity contribution in [2.75, 3.05) is 9.80 Å². The minimum atomic E-state index is -3.19. The van der Waals surface area contributed by atoms with Gasteiger partial charge in [0.2, 0.25) is 0 Å². The molecule has 306 valence electrons. The predicted octanol–water partition coefficient (Wildman–Crippen LogP) is 13.5. The van der Waals surface area contributed by atoms with Crippen LogP contribution in [0.15, 0.2) is 255 Å². The number of benzene rings is 10. The lowest BCUT2D eigenvalue weighted by atomic mass is 9.82. The van der Waals surface area contributed by atoms with Gasteiger partial charge in [-0.15, -0.1) is 0 Å². The van der Waals surface area contributed by atoms with E-state index in [1.807, 2.05) is 0 Å². The molecule has 0 N–H and O–H groups in total. The van der Waals surface area contributed by atoms with E-state index in [2.05, 4.69) is 278 Å². The maximum absolute atomic E-state index is 3.19. The fourth-order valence-corrected chi connectivity index (χ4v) is 15.4. The molecule has 0 heterocycles. The molecule has 10 aromatic rings. The molecule has 0 radical (unpaired) electrons. The van der Waals surface area contributed by atoms with E-state index >= 15 is 0 Å². The molecule has 0 bridgehead atoms. The average Bonchev–Trinajstić information content (AvgIpc) is 3.60. The summed E-state index contributed by atoms with van der Waals surface area (Å²) in [5, 5.41) is 7.69. The van der Waals surface area contributed by atoms with Crippen LogP contribution in [0.25, 0.3) is 21.9 Å². The third-order valence-corrected chi connectivity index (χ3v) is 18.2. The zero-order chi connectivity index (χ0) is 43.1. The van der Waals surface area contributed by atoms with Gasteiger partial charge in [0.05, 0.1) is 5.69 Å². The summed E-state index contributed by atoms with van der Waals surface area (Å²) in [6.07, 6.45) is 0. The van der Waals surface area contributed by atoms with Crippen molar-refractivity contribution in [2.24, 2.45) is 0 Å². The van der Waals surface area contributed by atoms with Crippen LogP contribution < -0.4 is 30.5 Å². The zero-order valence-electron chi connectivity index (χ0n) is 36.1. The molecule has 2 nitrogen and oxygen atoms in total. The monoisotopic (exact) mass is 836 g/mol. The van der Waals surface area contributed by atoms with Crippen LogP contribution in [0, 0.1) is 0 Å². The fourth-order valence-electron chi connectivity index (χ4n) is 10.5. The first kappa shape index (κ1) is 39.1. The van der Waals surface area contributed by atoms with Crippen molar-refractivity contribution in [3.05, 3.63) is 266 Å². The number of fused-ring (bicyclic) bond motifs is 4. The second-order valence-electron chi connectivity index (χ2n) is 17.3. The van der Waals surface area contributed by atoms with E-state index in [0.29, 0.717) is 0 Å². The summed E-state index contributed by atoms with van der Waals surface area (Å²) in [6.45, 7) is 4.74. The van der Waals surface area contributed by atoms with E-state index in [1.54, 1.807) is 0 Å². The second-order valence-corrected chi connectivity index (χ2v) is 21.1. The Morgan fingerprint density at radius 2 is 0.812 bits per heavy atom. The van der Waals surface area contributed by atoms with Crippen LogP contribution in [0.1, 0.15) is 25.0 Å². The summed E-state index contributed by atoms with van der Waals surface area (Å²) in [6, 6.07) is 94.4. The Bertz CT molecular complexity index is 3220. The molecule has 64 heavy (non-hydrogen) atoms. The van der Waals surface area contributed by atoms with Gasteiger partial charge >= 0.3 is 0 Å². The van der Waals surface area contributed by atoms with Gasteiger partial charge in [-0.25, -0.2) is 0 Å². The van der Waals surface area contributed by atoms with Crippen molar-refractivity contribution in [3.63, 3.8) is 0 Å². The summed E-state index contributed by atoms with van der Waals surface area (Å²) in [5.41, 5.74) is 12.0. The molecule has 0 saturated carbocycles. The summed E-state index contributed by atoms with van der Waals surface area (Å²) in [5.74, 6) is 0. The van der Waals surface area contributed by atoms with Crippen molar-refractivity contribution in [1.29, 1.82) is 0 Å². The van der Waals surface area contributed by atoms with Crippen LogP contribution in [0.2, 0.25) is 0 Å². The van der Waals surface area contributed by atoms with Gasteiger partial charge in [0.1, 0.15) is 0 Å². The van der Waals surface area contributed by atoms with Crippen molar-refractivity contribution in [1.82, 2.24) is 0 Å². The van der Waals surface area contributed by atoms with Gasteiger partial charge in [-0.3, -0.25) is 0 Å². The highest BCUT2D eigenvalue weighted by Gasteiger charge is 2.45. The van der Waals surface area contributed by atoms with Crippen LogP contribution >= 0.6 is 0 Å². The van der Waals surface area contributed by atoms with Gasteiger partial charge in [0, 0.05) is 39.4 Å². The van der Waals surface area contributed by atoms with Gasteiger partial charge in [-0.05, 0) is 109 Å². The van der Waals surface area contributed by atoms with Crippen molar-refractivity contribution in [3.8, 4) is 11.1 Å². The lowest BCUT2D eigenvalue weighted by molar-refractivity contribution is 0.660. The maximum atomic E-state index is 2.55. The highest BCUT2D eigenvalue weighted by molar-refractivity contribution is 7.20. The molecule has 0 spiro atoms. The standard InChI is InChI=1S/C61H48N2Si/c1-61(2)55-36-18-17-35-54(55)60-56(61)37-22-39-58(60)63(48-27-9-4-10-28-48)57-38-19-20-40-59(57)64(51-30-11-5-12-31-51,52-32-13-6-14-33-52)53-34-21-29-49(44-53)62(47-25-7-3-8-26-47)50-42-41-45-23-15-16-24-46(45)43-50/h3-44H,1-2H3. The topological polar surface area (TPSA) is 6.48 Å². The van der Waals surface area contributed by atoms with Crippen LogP contribution in [0.5, 0.6) is 0 Å². The van der Waals surface area contributed by atoms with Gasteiger partial charge in [-0.2, -0.15) is 0 Å². The summed E-state index contributed by atoms with van der Waals surface area (Å²) in [7, 11) is -3.19. The van der Waals surface area contributed by atoms with Crippen molar-refractivity contribution >= 4 is 73.7 Å². The quantitative estimate of drug-likeness (QED) is 0.100. The minimum Gasteiger partial charge on any atom is -0.310 e. The Balaban J connectivity index is 1.21. The molecule has 0 aliphatic heterocycles. The van der Waals surface area contributed by atoms with Crippen LogP contribution in [-0.4, -0.2) is 8.07 Å². The first-order valence-corrected chi connectivity index (χ1v) is 24.3. The highest BCUT2D eigenvalue weighted by Crippen LogP contribution is 2.54. The Morgan fingerprint density at radius 1 is 0.328 bits per heavy atom. The lowest BCUT2D eigenvalue weighted by Crippen LogP contribution is -2.75. The third-order valence-electron chi connectivity index (χ3n) is 13.3. The summed E-state index contributed by atoms with van der Waals surface area (Å²) < 4.78 is 0. The molecule has 11 rings (SSSR count). The van der Waals surface area contributed by atoms with Crippen LogP contribution in [0.3, 0.4) is 0 Å².